The Hall–Kier alpha value is -4.59. The molecule has 2 N–H and O–H groups in total. The SMILES string of the molecule is C=CCc1cc(C(=O)Nc2ccc(C(=O)N3CC(=O)Nc4ccccc43)cc2)cc(OC)c1OC. The summed E-state index contributed by atoms with van der Waals surface area (Å²) in [5.74, 6) is 0.103. The first kappa shape index (κ1) is 23.6. The molecule has 0 atom stereocenters. The van der Waals surface area contributed by atoms with Gasteiger partial charge >= 0.3 is 0 Å². The van der Waals surface area contributed by atoms with Gasteiger partial charge in [0.15, 0.2) is 11.5 Å². The number of hydrogen-bond donors (Lipinski definition) is 2. The van der Waals surface area contributed by atoms with Crippen LogP contribution in [-0.2, 0) is 11.2 Å². The van der Waals surface area contributed by atoms with Gasteiger partial charge in [0.05, 0.1) is 25.6 Å². The predicted octanol–water partition coefficient (Wildman–Crippen LogP) is 4.28. The first-order valence-electron chi connectivity index (χ1n) is 10.9. The Labute approximate surface area is 203 Å². The molecule has 1 aliphatic heterocycles. The molecule has 35 heavy (non-hydrogen) atoms. The maximum absolute atomic E-state index is 13.1. The van der Waals surface area contributed by atoms with Gasteiger partial charge in [-0.05, 0) is 55.0 Å². The Bertz CT molecular complexity index is 1300. The molecule has 3 aromatic carbocycles. The third-order valence-electron chi connectivity index (χ3n) is 5.59. The monoisotopic (exact) mass is 471 g/mol. The zero-order valence-corrected chi connectivity index (χ0v) is 19.5. The lowest BCUT2D eigenvalue weighted by molar-refractivity contribution is -0.115. The van der Waals surface area contributed by atoms with Crippen molar-refractivity contribution in [2.75, 3.05) is 36.3 Å². The van der Waals surface area contributed by atoms with Crippen molar-refractivity contribution in [2.45, 2.75) is 6.42 Å². The summed E-state index contributed by atoms with van der Waals surface area (Å²) in [4.78, 5) is 39.5. The summed E-state index contributed by atoms with van der Waals surface area (Å²) in [6.07, 6.45) is 2.23. The summed E-state index contributed by atoms with van der Waals surface area (Å²) in [6.45, 7) is 3.68. The molecular weight excluding hydrogens is 446 g/mol. The first-order valence-corrected chi connectivity index (χ1v) is 10.9. The standard InChI is InChI=1S/C27H25N3O5/c1-4-7-18-14-19(15-23(34-2)25(18)35-3)26(32)28-20-12-10-17(11-13-20)27(33)30-16-24(31)29-21-8-5-6-9-22(21)30/h4-6,8-15H,1,7,16H2,2-3H3,(H,28,32)(H,29,31). The maximum atomic E-state index is 13.1. The molecule has 0 bridgehead atoms. The molecule has 0 fully saturated rings. The highest BCUT2D eigenvalue weighted by Gasteiger charge is 2.27. The average Bonchev–Trinajstić information content (AvgIpc) is 2.87. The molecule has 1 aliphatic rings. The molecule has 0 radical (unpaired) electrons. The lowest BCUT2D eigenvalue weighted by Gasteiger charge is -2.29. The Morgan fingerprint density at radius 1 is 1.06 bits per heavy atom. The van der Waals surface area contributed by atoms with Crippen molar-refractivity contribution in [3.05, 3.63) is 90.0 Å². The summed E-state index contributed by atoms with van der Waals surface area (Å²) in [5.41, 5.74) is 3.31. The Kier molecular flexibility index (Phi) is 6.82. The zero-order chi connectivity index (χ0) is 24.9. The number of benzene rings is 3. The van der Waals surface area contributed by atoms with Crippen LogP contribution in [0.3, 0.4) is 0 Å². The number of hydrogen-bond acceptors (Lipinski definition) is 5. The summed E-state index contributed by atoms with van der Waals surface area (Å²) >= 11 is 0. The van der Waals surface area contributed by atoms with E-state index in [2.05, 4.69) is 17.2 Å². The van der Waals surface area contributed by atoms with Crippen LogP contribution >= 0.6 is 0 Å². The summed E-state index contributed by atoms with van der Waals surface area (Å²) in [7, 11) is 3.05. The number of carbonyl (C=O) groups is 3. The molecule has 0 unspecified atom stereocenters. The van der Waals surface area contributed by atoms with Crippen LogP contribution in [0.4, 0.5) is 17.1 Å². The van der Waals surface area contributed by atoms with E-state index in [-0.39, 0.29) is 24.3 Å². The number of para-hydroxylation sites is 2. The number of rotatable bonds is 7. The molecular formula is C27H25N3O5. The van der Waals surface area contributed by atoms with Crippen LogP contribution in [0, 0.1) is 0 Å². The van der Waals surface area contributed by atoms with Gasteiger partial charge in [-0.15, -0.1) is 6.58 Å². The van der Waals surface area contributed by atoms with Crippen molar-refractivity contribution in [3.63, 3.8) is 0 Å². The highest BCUT2D eigenvalue weighted by molar-refractivity contribution is 6.15. The van der Waals surface area contributed by atoms with Crippen LogP contribution in [0.2, 0.25) is 0 Å². The Balaban J connectivity index is 1.53. The van der Waals surface area contributed by atoms with E-state index in [4.69, 9.17) is 9.47 Å². The van der Waals surface area contributed by atoms with E-state index in [1.54, 1.807) is 67.8 Å². The van der Waals surface area contributed by atoms with Crippen LogP contribution < -0.4 is 25.0 Å². The van der Waals surface area contributed by atoms with E-state index in [9.17, 15) is 14.4 Å². The molecule has 1 heterocycles. The third-order valence-corrected chi connectivity index (χ3v) is 5.59. The molecule has 0 spiro atoms. The quantitative estimate of drug-likeness (QED) is 0.502. The van der Waals surface area contributed by atoms with E-state index in [1.165, 1.54) is 12.0 Å². The van der Waals surface area contributed by atoms with E-state index < -0.39 is 0 Å². The molecule has 3 aromatic rings. The first-order chi connectivity index (χ1) is 16.9. The molecule has 8 heteroatoms. The summed E-state index contributed by atoms with van der Waals surface area (Å²) < 4.78 is 10.8. The van der Waals surface area contributed by atoms with Crippen molar-refractivity contribution < 1.29 is 23.9 Å². The van der Waals surface area contributed by atoms with Gasteiger partial charge in [-0.2, -0.15) is 0 Å². The minimum atomic E-state index is -0.336. The van der Waals surface area contributed by atoms with Gasteiger partial charge in [0.25, 0.3) is 11.8 Å². The van der Waals surface area contributed by atoms with Crippen molar-refractivity contribution in [3.8, 4) is 11.5 Å². The van der Waals surface area contributed by atoms with Crippen molar-refractivity contribution in [1.82, 2.24) is 0 Å². The number of fused-ring (bicyclic) bond motifs is 1. The molecule has 3 amide bonds. The van der Waals surface area contributed by atoms with Crippen LogP contribution in [0.1, 0.15) is 26.3 Å². The molecule has 0 aliphatic carbocycles. The predicted molar refractivity (Wildman–Crippen MR) is 135 cm³/mol. The fourth-order valence-corrected chi connectivity index (χ4v) is 3.95. The topological polar surface area (TPSA) is 97.0 Å². The van der Waals surface area contributed by atoms with Gasteiger partial charge in [0.2, 0.25) is 5.91 Å². The number of nitrogens with zero attached hydrogens (tertiary/aromatic N) is 1. The van der Waals surface area contributed by atoms with E-state index in [0.717, 1.165) is 5.56 Å². The highest BCUT2D eigenvalue weighted by atomic mass is 16.5. The van der Waals surface area contributed by atoms with Crippen molar-refractivity contribution in [1.29, 1.82) is 0 Å². The molecule has 0 aromatic heterocycles. The van der Waals surface area contributed by atoms with Gasteiger partial charge < -0.3 is 20.1 Å². The normalized spacial score (nSPS) is 12.3. The van der Waals surface area contributed by atoms with Gasteiger partial charge in [-0.3, -0.25) is 19.3 Å². The number of methoxy groups -OCH3 is 2. The van der Waals surface area contributed by atoms with Gasteiger partial charge in [-0.1, -0.05) is 18.2 Å². The van der Waals surface area contributed by atoms with Crippen LogP contribution in [0.15, 0.2) is 73.3 Å². The lowest BCUT2D eigenvalue weighted by atomic mass is 10.0. The van der Waals surface area contributed by atoms with Crippen LogP contribution in [0.5, 0.6) is 11.5 Å². The highest BCUT2D eigenvalue weighted by Crippen LogP contribution is 2.34. The smallest absolute Gasteiger partial charge is 0.258 e. The number of allylic oxidation sites excluding steroid dienone is 1. The van der Waals surface area contributed by atoms with Crippen molar-refractivity contribution in [2.24, 2.45) is 0 Å². The van der Waals surface area contributed by atoms with Crippen LogP contribution in [-0.4, -0.2) is 38.5 Å². The van der Waals surface area contributed by atoms with Gasteiger partial charge in [0, 0.05) is 22.4 Å². The molecule has 8 nitrogen and oxygen atoms in total. The number of nitrogens with one attached hydrogen (secondary N) is 2. The van der Waals surface area contributed by atoms with E-state index in [1.807, 2.05) is 6.07 Å². The number of amides is 3. The molecule has 0 saturated heterocycles. The van der Waals surface area contributed by atoms with Crippen LogP contribution in [0.25, 0.3) is 0 Å². The maximum Gasteiger partial charge on any atom is 0.258 e. The number of ether oxygens (including phenoxy) is 2. The average molecular weight is 472 g/mol. The fourth-order valence-electron chi connectivity index (χ4n) is 3.95. The molecule has 4 rings (SSSR count). The Morgan fingerprint density at radius 3 is 2.49 bits per heavy atom. The second kappa shape index (κ2) is 10.1. The lowest BCUT2D eigenvalue weighted by Crippen LogP contribution is -2.42. The van der Waals surface area contributed by atoms with E-state index in [0.29, 0.717) is 46.1 Å². The molecule has 0 saturated carbocycles. The van der Waals surface area contributed by atoms with Gasteiger partial charge in [0.1, 0.15) is 6.54 Å². The van der Waals surface area contributed by atoms with Gasteiger partial charge in [-0.25, -0.2) is 0 Å². The zero-order valence-electron chi connectivity index (χ0n) is 19.5. The minimum absolute atomic E-state index is 0.0688. The number of carbonyl (C=O) groups excluding carboxylic acids is 3. The van der Waals surface area contributed by atoms with Crippen molar-refractivity contribution >= 4 is 34.8 Å². The fraction of sp³-hybridized carbons (Fsp3) is 0.148. The Morgan fingerprint density at radius 2 is 1.80 bits per heavy atom. The largest absolute Gasteiger partial charge is 0.493 e. The number of anilines is 3. The molecule has 178 valence electrons. The van der Waals surface area contributed by atoms with E-state index >= 15 is 0 Å². The second-order valence-electron chi connectivity index (χ2n) is 7.85. The second-order valence-corrected chi connectivity index (χ2v) is 7.85. The summed E-state index contributed by atoms with van der Waals surface area (Å²) in [5, 5.41) is 5.60. The third kappa shape index (κ3) is 4.86. The summed E-state index contributed by atoms with van der Waals surface area (Å²) in [6, 6.07) is 17.0. The minimum Gasteiger partial charge on any atom is -0.493 e.